The molecule has 1 aliphatic rings. The van der Waals surface area contributed by atoms with Crippen molar-refractivity contribution in [1.29, 1.82) is 0 Å². The number of nitrogens with one attached hydrogen (secondary N) is 1. The van der Waals surface area contributed by atoms with Gasteiger partial charge in [0.25, 0.3) is 0 Å². The maximum Gasteiger partial charge on any atom is 0.224 e. The van der Waals surface area contributed by atoms with Crippen molar-refractivity contribution in [3.63, 3.8) is 0 Å². The van der Waals surface area contributed by atoms with Crippen LogP contribution in [0.3, 0.4) is 0 Å². The van der Waals surface area contributed by atoms with Crippen LogP contribution in [-0.4, -0.2) is 52.8 Å². The smallest absolute Gasteiger partial charge is 0.224 e. The fourth-order valence-corrected chi connectivity index (χ4v) is 3.40. The number of pyridine rings is 1. The Bertz CT molecular complexity index is 758. The second-order valence-electron chi connectivity index (χ2n) is 6.77. The molecule has 0 spiro atoms. The van der Waals surface area contributed by atoms with Crippen molar-refractivity contribution in [2.24, 2.45) is 0 Å². The molecule has 0 saturated carbocycles. The number of halogens is 1. The van der Waals surface area contributed by atoms with Crippen LogP contribution in [-0.2, 0) is 16.1 Å². The van der Waals surface area contributed by atoms with Gasteiger partial charge in [-0.2, -0.15) is 0 Å². The van der Waals surface area contributed by atoms with Crippen molar-refractivity contribution in [1.82, 2.24) is 20.1 Å². The number of aromatic nitrogens is 1. The summed E-state index contributed by atoms with van der Waals surface area (Å²) in [6.07, 6.45) is 3.87. The minimum absolute atomic E-state index is 0. The van der Waals surface area contributed by atoms with Crippen LogP contribution in [0.2, 0.25) is 0 Å². The van der Waals surface area contributed by atoms with Gasteiger partial charge in [0.1, 0.15) is 0 Å². The molecular weight excluding hydrogens is 376 g/mol. The quantitative estimate of drug-likeness (QED) is 0.805. The molecule has 1 saturated heterocycles. The lowest BCUT2D eigenvalue weighted by Gasteiger charge is -2.37. The molecule has 0 radical (unpaired) electrons. The Balaban J connectivity index is 0.00000280. The summed E-state index contributed by atoms with van der Waals surface area (Å²) in [7, 11) is 0. The molecule has 1 aromatic carbocycles. The molecule has 2 heterocycles. The van der Waals surface area contributed by atoms with Gasteiger partial charge in [0, 0.05) is 58.5 Å². The molecule has 2 amide bonds. The van der Waals surface area contributed by atoms with Crippen LogP contribution in [0.1, 0.15) is 30.5 Å². The predicted octanol–water partition coefficient (Wildman–Crippen LogP) is 2.42. The minimum Gasteiger partial charge on any atom is -0.338 e. The third-order valence-corrected chi connectivity index (χ3v) is 4.89. The van der Waals surface area contributed by atoms with Crippen LogP contribution in [0, 0.1) is 0 Å². The van der Waals surface area contributed by atoms with E-state index < -0.39 is 0 Å². The zero-order valence-electron chi connectivity index (χ0n) is 16.1. The first-order valence-corrected chi connectivity index (χ1v) is 9.34. The first-order valence-electron chi connectivity index (χ1n) is 9.34. The largest absolute Gasteiger partial charge is 0.338 e. The summed E-state index contributed by atoms with van der Waals surface area (Å²) in [5.41, 5.74) is 2.10. The van der Waals surface area contributed by atoms with Crippen LogP contribution < -0.4 is 5.32 Å². The number of piperazine rings is 1. The molecule has 3 rings (SSSR count). The van der Waals surface area contributed by atoms with Crippen molar-refractivity contribution in [3.8, 4) is 0 Å². The number of amides is 2. The van der Waals surface area contributed by atoms with E-state index in [0.29, 0.717) is 26.1 Å². The highest BCUT2D eigenvalue weighted by Gasteiger charge is 2.28. The van der Waals surface area contributed by atoms with Gasteiger partial charge in [-0.25, -0.2) is 0 Å². The Hall–Kier alpha value is -2.44. The number of rotatable bonds is 6. The van der Waals surface area contributed by atoms with Gasteiger partial charge < -0.3 is 15.1 Å². The SMILES string of the molecule is CC(=O)N(CCC(=O)N1CCNCC1c1cccnc1)Cc1ccccc1.Cl. The summed E-state index contributed by atoms with van der Waals surface area (Å²) in [5, 5.41) is 3.35. The number of hydrogen-bond acceptors (Lipinski definition) is 4. The summed E-state index contributed by atoms with van der Waals surface area (Å²) in [6, 6.07) is 13.7. The summed E-state index contributed by atoms with van der Waals surface area (Å²) < 4.78 is 0. The van der Waals surface area contributed by atoms with Crippen LogP contribution in [0.25, 0.3) is 0 Å². The van der Waals surface area contributed by atoms with Gasteiger partial charge in [-0.15, -0.1) is 12.4 Å². The van der Waals surface area contributed by atoms with E-state index in [4.69, 9.17) is 0 Å². The lowest BCUT2D eigenvalue weighted by molar-refractivity contribution is -0.136. The molecule has 1 N–H and O–H groups in total. The highest BCUT2D eigenvalue weighted by molar-refractivity contribution is 5.85. The molecule has 1 aliphatic heterocycles. The van der Waals surface area contributed by atoms with E-state index in [1.165, 1.54) is 0 Å². The average Bonchev–Trinajstić information content (AvgIpc) is 2.72. The average molecular weight is 403 g/mol. The number of carbonyl (C=O) groups excluding carboxylic acids is 2. The Morgan fingerprint density at radius 2 is 2.00 bits per heavy atom. The Kier molecular flexibility index (Phi) is 8.42. The highest BCUT2D eigenvalue weighted by Crippen LogP contribution is 2.22. The first kappa shape index (κ1) is 21.9. The number of nitrogens with zero attached hydrogens (tertiary/aromatic N) is 3. The van der Waals surface area contributed by atoms with E-state index in [1.807, 2.05) is 53.6 Å². The van der Waals surface area contributed by atoms with Gasteiger partial charge in [0.2, 0.25) is 11.8 Å². The third-order valence-electron chi connectivity index (χ3n) is 4.89. The second-order valence-corrected chi connectivity index (χ2v) is 6.77. The summed E-state index contributed by atoms with van der Waals surface area (Å²) in [6.45, 7) is 4.67. The van der Waals surface area contributed by atoms with Gasteiger partial charge in [-0.3, -0.25) is 14.6 Å². The fourth-order valence-electron chi connectivity index (χ4n) is 3.40. The van der Waals surface area contributed by atoms with Crippen molar-refractivity contribution in [3.05, 3.63) is 66.0 Å². The van der Waals surface area contributed by atoms with Crippen LogP contribution in [0.4, 0.5) is 0 Å². The van der Waals surface area contributed by atoms with E-state index in [9.17, 15) is 9.59 Å². The molecule has 7 heteroatoms. The van der Waals surface area contributed by atoms with Gasteiger partial charge in [0.05, 0.1) is 6.04 Å². The molecule has 2 aromatic rings. The zero-order chi connectivity index (χ0) is 19.1. The topological polar surface area (TPSA) is 65.5 Å². The highest BCUT2D eigenvalue weighted by atomic mass is 35.5. The van der Waals surface area contributed by atoms with Gasteiger partial charge in [0.15, 0.2) is 0 Å². The Labute approximate surface area is 172 Å². The molecule has 0 bridgehead atoms. The molecular formula is C21H27ClN4O2. The summed E-state index contributed by atoms with van der Waals surface area (Å²) in [5.74, 6) is 0.0560. The van der Waals surface area contributed by atoms with Crippen LogP contribution >= 0.6 is 12.4 Å². The maximum absolute atomic E-state index is 12.9. The lowest BCUT2D eigenvalue weighted by Crippen LogP contribution is -2.49. The second kappa shape index (κ2) is 10.8. The van der Waals surface area contributed by atoms with Gasteiger partial charge in [-0.05, 0) is 17.2 Å². The summed E-state index contributed by atoms with van der Waals surface area (Å²) in [4.78, 5) is 32.7. The predicted molar refractivity (Wildman–Crippen MR) is 111 cm³/mol. The van der Waals surface area contributed by atoms with Crippen molar-refractivity contribution < 1.29 is 9.59 Å². The van der Waals surface area contributed by atoms with Crippen molar-refractivity contribution >= 4 is 24.2 Å². The monoisotopic (exact) mass is 402 g/mol. The number of hydrogen-bond donors (Lipinski definition) is 1. The van der Waals surface area contributed by atoms with Crippen LogP contribution in [0.15, 0.2) is 54.9 Å². The lowest BCUT2D eigenvalue weighted by atomic mass is 10.0. The third kappa shape index (κ3) is 5.78. The Morgan fingerprint density at radius 1 is 1.21 bits per heavy atom. The van der Waals surface area contributed by atoms with E-state index in [2.05, 4.69) is 10.3 Å². The molecule has 150 valence electrons. The van der Waals surface area contributed by atoms with Crippen LogP contribution in [0.5, 0.6) is 0 Å². The number of benzene rings is 1. The van der Waals surface area contributed by atoms with Gasteiger partial charge >= 0.3 is 0 Å². The summed E-state index contributed by atoms with van der Waals surface area (Å²) >= 11 is 0. The molecule has 0 aliphatic carbocycles. The number of carbonyl (C=O) groups is 2. The molecule has 1 fully saturated rings. The zero-order valence-corrected chi connectivity index (χ0v) is 16.9. The fraction of sp³-hybridized carbons (Fsp3) is 0.381. The van der Waals surface area contributed by atoms with E-state index in [1.54, 1.807) is 18.0 Å². The van der Waals surface area contributed by atoms with Crippen molar-refractivity contribution in [2.75, 3.05) is 26.2 Å². The van der Waals surface area contributed by atoms with E-state index >= 15 is 0 Å². The molecule has 1 aromatic heterocycles. The Morgan fingerprint density at radius 3 is 2.68 bits per heavy atom. The van der Waals surface area contributed by atoms with E-state index in [0.717, 1.165) is 24.2 Å². The standard InChI is InChI=1S/C21H26N4O2.ClH/c1-17(26)24(16-18-6-3-2-4-7-18)12-9-21(27)25-13-11-23-15-20(25)19-8-5-10-22-14-19;/h2-8,10,14,20,23H,9,11-13,15-16H2,1H3;1H. The van der Waals surface area contributed by atoms with Crippen molar-refractivity contribution in [2.45, 2.75) is 25.9 Å². The first-order chi connectivity index (χ1) is 13.1. The molecule has 6 nitrogen and oxygen atoms in total. The van der Waals surface area contributed by atoms with Gasteiger partial charge in [-0.1, -0.05) is 36.4 Å². The molecule has 28 heavy (non-hydrogen) atoms. The maximum atomic E-state index is 12.9. The molecule has 1 unspecified atom stereocenters. The van der Waals surface area contributed by atoms with E-state index in [-0.39, 0.29) is 30.3 Å². The molecule has 1 atom stereocenters. The normalized spacial score (nSPS) is 16.2. The minimum atomic E-state index is -0.0178.